The molecule has 0 amide bonds. The second kappa shape index (κ2) is 26.6. The lowest BCUT2D eigenvalue weighted by Crippen LogP contribution is -2.65. The number of benzene rings is 2. The first-order chi connectivity index (χ1) is 23.8. The summed E-state index contributed by atoms with van der Waals surface area (Å²) in [5, 5.41) is 2.11. The third-order valence-corrected chi connectivity index (χ3v) is 15.3. The van der Waals surface area contributed by atoms with Crippen molar-refractivity contribution in [3.8, 4) is 0 Å². The number of carbonyl (C=O) groups is 1. The number of methoxy groups -OCH3 is 1. The maximum absolute atomic E-state index is 12.8. The topological polar surface area (TPSA) is 46.5 Å². The minimum Gasteiger partial charge on any atom is -0.469 e. The van der Waals surface area contributed by atoms with E-state index in [-0.39, 0.29) is 11.0 Å². The molecule has 3 nitrogen and oxygen atoms in total. The first kappa shape index (κ1) is 43.0. The van der Waals surface area contributed by atoms with Crippen molar-refractivity contribution in [2.75, 3.05) is 7.11 Å². The Morgan fingerprint density at radius 3 is 1.51 bits per heavy atom. The number of ether oxygens (including phenoxy) is 1. The summed E-state index contributed by atoms with van der Waals surface area (Å²) in [7, 11) is -1.51. The van der Waals surface area contributed by atoms with Gasteiger partial charge in [-0.3, -0.25) is 4.79 Å². The Bertz CT molecular complexity index is 1060. The molecule has 0 aliphatic carbocycles. The van der Waals surface area contributed by atoms with Crippen molar-refractivity contribution in [3.63, 3.8) is 0 Å². The van der Waals surface area contributed by atoms with Crippen LogP contribution >= 0.6 is 0 Å². The van der Waals surface area contributed by atoms with Crippen LogP contribution in [0.2, 0.25) is 5.04 Å². The predicted octanol–water partition coefficient (Wildman–Crippen LogP) is 12.2. The molecule has 2 aromatic carbocycles. The highest BCUT2D eigenvalue weighted by atomic mass is 28.4. The lowest BCUT2D eigenvalue weighted by atomic mass is 9.87. The minimum atomic E-state index is -2.98. The molecule has 0 saturated carbocycles. The average Bonchev–Trinajstić information content (AvgIpc) is 3.12. The van der Waals surface area contributed by atoms with Crippen molar-refractivity contribution < 1.29 is 14.3 Å². The van der Waals surface area contributed by atoms with Gasteiger partial charge in [-0.1, -0.05) is 203 Å². The van der Waals surface area contributed by atoms with Gasteiger partial charge in [0.15, 0.2) is 0 Å². The molecule has 49 heavy (non-hydrogen) atoms. The highest BCUT2D eigenvalue weighted by Crippen LogP contribution is 2.43. The summed E-state index contributed by atoms with van der Waals surface area (Å²) < 4.78 is 4.70. The third kappa shape index (κ3) is 17.5. The fourth-order valence-electron chi connectivity index (χ4n) is 7.72. The molecular formula is C45H74O3Si. The van der Waals surface area contributed by atoms with Crippen LogP contribution in [0.3, 0.4) is 0 Å². The lowest BCUT2D eigenvalue weighted by molar-refractivity contribution is -0.140. The number of unbranched alkanes of at least 4 members (excludes halogenated alkanes) is 17. The monoisotopic (exact) mass is 691 g/mol. The molecule has 2 rings (SSSR count). The van der Waals surface area contributed by atoms with Crippen LogP contribution in [-0.2, 0) is 9.53 Å². The second-order valence-electron chi connectivity index (χ2n) is 15.4. The molecule has 0 aromatic heterocycles. The maximum atomic E-state index is 12.8. The van der Waals surface area contributed by atoms with Gasteiger partial charge >= 0.3 is 5.97 Å². The number of allylic oxidation sites excluding steroid dienone is 2. The smallest absolute Gasteiger partial charge is 0.305 e. The van der Waals surface area contributed by atoms with Gasteiger partial charge in [0.25, 0.3) is 8.32 Å². The summed E-state index contributed by atoms with van der Waals surface area (Å²) >= 11 is 0. The van der Waals surface area contributed by atoms with E-state index in [1.54, 1.807) is 0 Å². The summed E-state index contributed by atoms with van der Waals surface area (Å²) in [4.78, 5) is 23.9. The van der Waals surface area contributed by atoms with Gasteiger partial charge in [0.2, 0.25) is 0 Å². The summed E-state index contributed by atoms with van der Waals surface area (Å²) in [6.07, 6.45) is 34.7. The molecule has 4 heteroatoms. The molecule has 276 valence electrons. The van der Waals surface area contributed by atoms with Crippen molar-refractivity contribution >= 4 is 24.7 Å². The highest BCUT2D eigenvalue weighted by Gasteiger charge is 2.50. The first-order valence-electron chi connectivity index (χ1n) is 20.4. The first-order valence-corrected chi connectivity index (χ1v) is 22.3. The molecule has 1 atom stereocenters. The van der Waals surface area contributed by atoms with E-state index in [9.17, 15) is 9.59 Å². The third-order valence-electron chi connectivity index (χ3n) is 10.8. The molecular weight excluding hydrogens is 617 g/mol. The van der Waals surface area contributed by atoms with Crippen LogP contribution in [0.4, 0.5) is 0 Å². The molecule has 2 aromatic rings. The zero-order valence-corrected chi connectivity index (χ0v) is 33.2. The minimum absolute atomic E-state index is 0.0834. The largest absolute Gasteiger partial charge is 0.469 e. The van der Waals surface area contributed by atoms with E-state index in [1.807, 2.05) is 0 Å². The van der Waals surface area contributed by atoms with Crippen LogP contribution in [0.15, 0.2) is 72.8 Å². The van der Waals surface area contributed by atoms with Gasteiger partial charge in [-0.05, 0) is 59.9 Å². The fourth-order valence-corrected chi connectivity index (χ4v) is 11.5. The van der Waals surface area contributed by atoms with Crippen molar-refractivity contribution in [1.29, 1.82) is 0 Å². The number of esters is 1. The number of hydrogen-bond donors (Lipinski definition) is 1. The van der Waals surface area contributed by atoms with Gasteiger partial charge in [0, 0.05) is 6.42 Å². The Labute approximate surface area is 303 Å². The quantitative estimate of drug-likeness (QED) is 0.0384. The van der Waals surface area contributed by atoms with Gasteiger partial charge in [-0.15, -0.1) is 0 Å². The molecule has 0 fully saturated rings. The van der Waals surface area contributed by atoms with Crippen LogP contribution in [0, 0.1) is 5.92 Å². The van der Waals surface area contributed by atoms with E-state index in [4.69, 9.17) is 4.74 Å². The molecule has 0 aliphatic heterocycles. The van der Waals surface area contributed by atoms with E-state index in [0.29, 0.717) is 12.3 Å². The predicted molar refractivity (Wildman–Crippen MR) is 215 cm³/mol. The van der Waals surface area contributed by atoms with Crippen molar-refractivity contribution in [2.24, 2.45) is 5.92 Å². The maximum Gasteiger partial charge on any atom is 0.305 e. The normalized spacial score (nSPS) is 12.8. The number of carbonyl (C=O) groups excluding carboxylic acids is 1. The van der Waals surface area contributed by atoms with Crippen molar-refractivity contribution in [1.82, 2.24) is 0 Å². The van der Waals surface area contributed by atoms with Crippen LogP contribution in [0.25, 0.3) is 0 Å². The Kier molecular flexibility index (Phi) is 23.3. The molecule has 1 unspecified atom stereocenters. The van der Waals surface area contributed by atoms with E-state index >= 15 is 0 Å². The molecule has 0 bridgehead atoms. The molecule has 0 aliphatic rings. The van der Waals surface area contributed by atoms with E-state index in [2.05, 4.69) is 93.6 Å². The molecule has 0 radical (unpaired) electrons. The van der Waals surface area contributed by atoms with Crippen LogP contribution < -0.4 is 10.4 Å². The van der Waals surface area contributed by atoms with Crippen molar-refractivity contribution in [3.05, 3.63) is 72.8 Å². The van der Waals surface area contributed by atoms with Gasteiger partial charge in [-0.2, -0.15) is 0 Å². The molecule has 0 spiro atoms. The van der Waals surface area contributed by atoms with Gasteiger partial charge < -0.3 is 9.53 Å². The van der Waals surface area contributed by atoms with Gasteiger partial charge in [-0.25, -0.2) is 0 Å². The Balaban J connectivity index is 1.77. The molecule has 1 N–H and O–H groups in total. The van der Waals surface area contributed by atoms with E-state index in [0.717, 1.165) is 29.6 Å². The highest BCUT2D eigenvalue weighted by molar-refractivity contribution is 6.98. The Morgan fingerprint density at radius 2 is 1.06 bits per heavy atom. The van der Waals surface area contributed by atoms with Gasteiger partial charge in [0.05, 0.1) is 7.11 Å². The number of hydrogen-bond acceptors (Lipinski definition) is 3. The Morgan fingerprint density at radius 1 is 0.653 bits per heavy atom. The number of rotatable bonds is 30. The summed E-state index contributed by atoms with van der Waals surface area (Å²) in [5.74, 6) is 0.585. The SMILES string of the molecule is CCCCCCCCCC(CCCCCCCC/C=C\CCCCCCCC(=O)OC)CC(C)(C)[Si](O)(c1ccccc1)c1ccccc1. The van der Waals surface area contributed by atoms with Gasteiger partial charge in [0.1, 0.15) is 0 Å². The molecule has 0 heterocycles. The van der Waals surface area contributed by atoms with Crippen LogP contribution in [0.1, 0.15) is 175 Å². The van der Waals surface area contributed by atoms with Crippen molar-refractivity contribution in [2.45, 2.75) is 180 Å². The summed E-state index contributed by atoms with van der Waals surface area (Å²) in [5.41, 5.74) is 0. The summed E-state index contributed by atoms with van der Waals surface area (Å²) in [6, 6.07) is 21.2. The van der Waals surface area contributed by atoms with Crippen LogP contribution in [-0.4, -0.2) is 26.2 Å². The van der Waals surface area contributed by atoms with E-state index in [1.165, 1.54) is 136 Å². The standard InChI is InChI=1S/C45H74O3Si/c1-5-6-7-8-18-21-26-33-41(40-45(2,3)49(47,42-35-28-24-29-36-42)43-37-30-25-31-38-43)34-27-22-19-16-14-12-10-9-11-13-15-17-20-23-32-39-44(46)48-4/h9,11,24-25,28-31,35-38,41,47H,5-8,10,12-23,26-27,32-34,39-40H2,1-4H3/b11-9-. The second-order valence-corrected chi connectivity index (χ2v) is 19.3. The molecule has 0 saturated heterocycles. The lowest BCUT2D eigenvalue weighted by Gasteiger charge is -2.43. The van der Waals surface area contributed by atoms with E-state index < -0.39 is 8.32 Å². The zero-order valence-electron chi connectivity index (χ0n) is 32.2. The Hall–Kier alpha value is -2.17. The summed E-state index contributed by atoms with van der Waals surface area (Å²) in [6.45, 7) is 7.02. The zero-order chi connectivity index (χ0) is 35.5. The van der Waals surface area contributed by atoms with Crippen LogP contribution in [0.5, 0.6) is 0 Å². The average molecular weight is 691 g/mol. The fraction of sp³-hybridized carbons (Fsp3) is 0.667.